The van der Waals surface area contributed by atoms with Crippen molar-refractivity contribution >= 4 is 27.8 Å². The Morgan fingerprint density at radius 3 is 2.08 bits per heavy atom. The quantitative estimate of drug-likeness (QED) is 0.234. The Labute approximate surface area is 225 Å². The molecule has 0 fully saturated rings. The zero-order valence-electron chi connectivity index (χ0n) is 21.4. The first-order chi connectivity index (χ1) is 19.1. The second-order valence-electron chi connectivity index (χ2n) is 10.1. The summed E-state index contributed by atoms with van der Waals surface area (Å²) in [4.78, 5) is 11.3. The molecule has 39 heavy (non-hydrogen) atoms. The minimum Gasteiger partial charge on any atom is -0.453 e. The highest BCUT2D eigenvalue weighted by molar-refractivity contribution is 6.17. The molecule has 1 aromatic heterocycles. The van der Waals surface area contributed by atoms with Gasteiger partial charge >= 0.3 is 0 Å². The van der Waals surface area contributed by atoms with Gasteiger partial charge in [0.15, 0.2) is 11.5 Å². The molecule has 6 aromatic rings. The van der Waals surface area contributed by atoms with E-state index < -0.39 is 0 Å². The van der Waals surface area contributed by atoms with E-state index in [9.17, 15) is 0 Å². The molecule has 0 unspecified atom stereocenters. The topological polar surface area (TPSA) is 38.2 Å². The number of fused-ring (bicyclic) bond motifs is 5. The smallest absolute Gasteiger partial charge is 0.151 e. The number of hydrogen-bond acceptors (Lipinski definition) is 4. The Bertz CT molecular complexity index is 1950. The number of rotatable bonds is 2. The van der Waals surface area contributed by atoms with Crippen LogP contribution in [0.5, 0.6) is 11.5 Å². The van der Waals surface area contributed by atoms with Crippen molar-refractivity contribution in [1.82, 2.24) is 9.97 Å². The highest BCUT2D eigenvalue weighted by Crippen LogP contribution is 2.53. The lowest BCUT2D eigenvalue weighted by Gasteiger charge is -2.34. The summed E-state index contributed by atoms with van der Waals surface area (Å²) in [5, 5.41) is 1.88. The SMILES string of the molecule is Cc1cc(N2c3ccccc3Oc3ccccc32)c(C)cc1-c1cc(F)c2c3c(cccc13)-c1nccnc1-2. The fourth-order valence-corrected chi connectivity index (χ4v) is 6.11. The first kappa shape index (κ1) is 22.0. The summed E-state index contributed by atoms with van der Waals surface area (Å²) in [5.41, 5.74) is 9.87. The number of para-hydroxylation sites is 4. The van der Waals surface area contributed by atoms with Gasteiger partial charge in [-0.3, -0.25) is 9.97 Å². The first-order valence-corrected chi connectivity index (χ1v) is 12.9. The molecule has 0 radical (unpaired) electrons. The lowest BCUT2D eigenvalue weighted by molar-refractivity contribution is 0.477. The standard InChI is InChI=1S/C34H22FN3O/c1-19-17-28(38-26-10-3-5-12-29(26)39-30-13-6-4-11-27(30)38)20(2)16-23(19)24-18-25(35)32-31-21(24)8-7-9-22(31)33-34(32)37-15-14-36-33/h3-18H,1-2H3. The zero-order chi connectivity index (χ0) is 26.2. The van der Waals surface area contributed by atoms with E-state index in [0.29, 0.717) is 11.3 Å². The van der Waals surface area contributed by atoms with E-state index in [-0.39, 0.29) is 5.82 Å². The maximum Gasteiger partial charge on any atom is 0.151 e. The van der Waals surface area contributed by atoms with Crippen LogP contribution >= 0.6 is 0 Å². The summed E-state index contributed by atoms with van der Waals surface area (Å²) in [6.07, 6.45) is 3.29. The fraction of sp³-hybridized carbons (Fsp3) is 0.0588. The molecular formula is C34H22FN3O. The summed E-state index contributed by atoms with van der Waals surface area (Å²) in [7, 11) is 0. The minimum atomic E-state index is -0.277. The fourth-order valence-electron chi connectivity index (χ4n) is 6.11. The molecule has 0 atom stereocenters. The van der Waals surface area contributed by atoms with Gasteiger partial charge < -0.3 is 9.64 Å². The molecular weight excluding hydrogens is 485 g/mol. The van der Waals surface area contributed by atoms with Gasteiger partial charge in [-0.05, 0) is 84.0 Å². The summed E-state index contributed by atoms with van der Waals surface area (Å²) >= 11 is 0. The van der Waals surface area contributed by atoms with Crippen LogP contribution in [0, 0.1) is 19.7 Å². The van der Waals surface area contributed by atoms with Gasteiger partial charge in [0.05, 0.1) is 17.1 Å². The average Bonchev–Trinajstić information content (AvgIpc) is 3.31. The highest BCUT2D eigenvalue weighted by atomic mass is 19.1. The van der Waals surface area contributed by atoms with E-state index in [4.69, 9.17) is 4.74 Å². The maximum atomic E-state index is 15.8. The molecule has 1 aliphatic heterocycles. The van der Waals surface area contributed by atoms with E-state index >= 15 is 4.39 Å². The number of nitrogens with zero attached hydrogens (tertiary/aromatic N) is 3. The van der Waals surface area contributed by atoms with Crippen molar-refractivity contribution in [1.29, 1.82) is 0 Å². The number of hydrogen-bond donors (Lipinski definition) is 0. The van der Waals surface area contributed by atoms with E-state index in [0.717, 1.165) is 72.8 Å². The van der Waals surface area contributed by atoms with Crippen LogP contribution in [0.3, 0.4) is 0 Å². The van der Waals surface area contributed by atoms with E-state index in [1.165, 1.54) is 0 Å². The van der Waals surface area contributed by atoms with Crippen LogP contribution < -0.4 is 9.64 Å². The second-order valence-corrected chi connectivity index (χ2v) is 10.1. The molecule has 2 heterocycles. The average molecular weight is 508 g/mol. The monoisotopic (exact) mass is 507 g/mol. The molecule has 186 valence electrons. The molecule has 5 heteroatoms. The van der Waals surface area contributed by atoms with Crippen LogP contribution in [0.4, 0.5) is 21.5 Å². The Morgan fingerprint density at radius 2 is 1.33 bits per heavy atom. The maximum absolute atomic E-state index is 15.8. The highest BCUT2D eigenvalue weighted by Gasteiger charge is 2.30. The molecule has 0 spiro atoms. The zero-order valence-corrected chi connectivity index (χ0v) is 21.4. The van der Waals surface area contributed by atoms with Crippen molar-refractivity contribution in [3.63, 3.8) is 0 Å². The van der Waals surface area contributed by atoms with Crippen molar-refractivity contribution in [2.75, 3.05) is 4.90 Å². The van der Waals surface area contributed by atoms with Crippen LogP contribution in [-0.2, 0) is 0 Å². The van der Waals surface area contributed by atoms with Crippen LogP contribution in [0.15, 0.2) is 97.3 Å². The Morgan fingerprint density at radius 1 is 0.641 bits per heavy atom. The van der Waals surface area contributed by atoms with Crippen LogP contribution in [0.25, 0.3) is 44.4 Å². The van der Waals surface area contributed by atoms with Crippen LogP contribution in [0.1, 0.15) is 11.1 Å². The van der Waals surface area contributed by atoms with Gasteiger partial charge in [-0.1, -0.05) is 42.5 Å². The normalized spacial score (nSPS) is 12.6. The van der Waals surface area contributed by atoms with Crippen molar-refractivity contribution in [3.8, 4) is 45.1 Å². The Hall–Kier alpha value is -5.03. The van der Waals surface area contributed by atoms with Crippen molar-refractivity contribution < 1.29 is 9.13 Å². The lowest BCUT2D eigenvalue weighted by atomic mass is 9.90. The lowest BCUT2D eigenvalue weighted by Crippen LogP contribution is -2.16. The molecule has 0 amide bonds. The van der Waals surface area contributed by atoms with Crippen LogP contribution in [-0.4, -0.2) is 9.97 Å². The Balaban J connectivity index is 1.34. The molecule has 0 saturated carbocycles. The largest absolute Gasteiger partial charge is 0.453 e. The van der Waals surface area contributed by atoms with Gasteiger partial charge in [0.2, 0.25) is 0 Å². The number of halogens is 1. The second kappa shape index (κ2) is 7.98. The number of benzene rings is 5. The molecule has 2 aliphatic rings. The van der Waals surface area contributed by atoms with Gasteiger partial charge in [-0.15, -0.1) is 0 Å². The number of aromatic nitrogens is 2. The predicted molar refractivity (Wildman–Crippen MR) is 154 cm³/mol. The van der Waals surface area contributed by atoms with Crippen molar-refractivity contribution in [2.45, 2.75) is 13.8 Å². The molecule has 1 aliphatic carbocycles. The third kappa shape index (κ3) is 3.04. The van der Waals surface area contributed by atoms with Crippen molar-refractivity contribution in [3.05, 3.63) is 114 Å². The summed E-state index contributed by atoms with van der Waals surface area (Å²) in [6, 6.07) is 28.3. The third-order valence-electron chi connectivity index (χ3n) is 7.81. The molecule has 0 N–H and O–H groups in total. The number of anilines is 3. The number of aryl methyl sites for hydroxylation is 2. The van der Waals surface area contributed by atoms with E-state index in [1.54, 1.807) is 18.5 Å². The molecule has 5 aromatic carbocycles. The van der Waals surface area contributed by atoms with Gasteiger partial charge in [0, 0.05) is 34.6 Å². The van der Waals surface area contributed by atoms with Crippen molar-refractivity contribution in [2.24, 2.45) is 0 Å². The number of ether oxygens (including phenoxy) is 1. The Kier molecular flexibility index (Phi) is 4.50. The van der Waals surface area contributed by atoms with Gasteiger partial charge in [0.1, 0.15) is 11.5 Å². The molecule has 8 rings (SSSR count). The van der Waals surface area contributed by atoms with E-state index in [1.807, 2.05) is 48.5 Å². The van der Waals surface area contributed by atoms with Gasteiger partial charge in [-0.25, -0.2) is 4.39 Å². The summed E-state index contributed by atoms with van der Waals surface area (Å²) < 4.78 is 22.0. The summed E-state index contributed by atoms with van der Waals surface area (Å²) in [6.45, 7) is 4.20. The summed E-state index contributed by atoms with van der Waals surface area (Å²) in [5.74, 6) is 1.35. The minimum absolute atomic E-state index is 0.277. The van der Waals surface area contributed by atoms with Gasteiger partial charge in [0.25, 0.3) is 0 Å². The van der Waals surface area contributed by atoms with E-state index in [2.05, 4.69) is 59.0 Å². The first-order valence-electron chi connectivity index (χ1n) is 12.9. The van der Waals surface area contributed by atoms with Crippen LogP contribution in [0.2, 0.25) is 0 Å². The molecule has 0 saturated heterocycles. The molecule has 4 nitrogen and oxygen atoms in total. The third-order valence-corrected chi connectivity index (χ3v) is 7.81. The predicted octanol–water partition coefficient (Wildman–Crippen LogP) is 9.28. The molecule has 0 bridgehead atoms. The van der Waals surface area contributed by atoms with Gasteiger partial charge in [-0.2, -0.15) is 0 Å².